The summed E-state index contributed by atoms with van der Waals surface area (Å²) in [7, 11) is 0. The number of pyridine rings is 1. The van der Waals surface area contributed by atoms with Gasteiger partial charge in [-0.25, -0.2) is 0 Å². The van der Waals surface area contributed by atoms with Gasteiger partial charge in [0.2, 0.25) is 0 Å². The van der Waals surface area contributed by atoms with Crippen LogP contribution < -0.4 is 10.6 Å². The normalized spacial score (nSPS) is 13.1. The van der Waals surface area contributed by atoms with Crippen molar-refractivity contribution < 1.29 is 9.59 Å². The molecule has 0 saturated carbocycles. The topological polar surface area (TPSA) is 71.1 Å². The Morgan fingerprint density at radius 1 is 1.00 bits per heavy atom. The zero-order chi connectivity index (χ0) is 13.2. The van der Waals surface area contributed by atoms with E-state index in [1.165, 1.54) is 0 Å². The first-order valence-electron chi connectivity index (χ1n) is 5.86. The largest absolute Gasteiger partial charge is 0.381 e. The minimum atomic E-state index is -0.340. The molecule has 0 spiro atoms. The summed E-state index contributed by atoms with van der Waals surface area (Å²) >= 11 is 0. The number of nitrogens with one attached hydrogen (secondary N) is 2. The number of rotatable bonds is 3. The van der Waals surface area contributed by atoms with Gasteiger partial charge in [-0.15, -0.1) is 0 Å². The van der Waals surface area contributed by atoms with Crippen LogP contribution in [0.2, 0.25) is 0 Å². The molecule has 1 aromatic carbocycles. The van der Waals surface area contributed by atoms with Crippen molar-refractivity contribution in [3.05, 3.63) is 59.4 Å². The van der Waals surface area contributed by atoms with Gasteiger partial charge in [0, 0.05) is 24.6 Å². The number of amides is 2. The summed E-state index contributed by atoms with van der Waals surface area (Å²) in [4.78, 5) is 26.9. The number of hydrogen-bond donors (Lipinski definition) is 2. The molecule has 3 rings (SSSR count). The molecule has 0 fully saturated rings. The number of carbonyl (C=O) groups excluding carboxylic acids is 2. The second kappa shape index (κ2) is 4.53. The number of imide groups is 1. The maximum atomic E-state index is 11.5. The second-order valence-electron chi connectivity index (χ2n) is 4.25. The molecule has 5 nitrogen and oxygen atoms in total. The third kappa shape index (κ3) is 2.18. The average Bonchev–Trinajstić information content (AvgIpc) is 2.73. The quantitative estimate of drug-likeness (QED) is 0.815. The van der Waals surface area contributed by atoms with Crippen LogP contribution in [0, 0.1) is 0 Å². The predicted octanol–water partition coefficient (Wildman–Crippen LogP) is 1.58. The van der Waals surface area contributed by atoms with Gasteiger partial charge in [0.15, 0.2) is 0 Å². The van der Waals surface area contributed by atoms with E-state index in [1.807, 2.05) is 12.1 Å². The van der Waals surface area contributed by atoms with Crippen molar-refractivity contribution in [2.24, 2.45) is 0 Å². The van der Waals surface area contributed by atoms with E-state index in [9.17, 15) is 9.59 Å². The third-order valence-electron chi connectivity index (χ3n) is 2.98. The highest BCUT2D eigenvalue weighted by Crippen LogP contribution is 2.20. The monoisotopic (exact) mass is 253 g/mol. The molecule has 0 radical (unpaired) electrons. The SMILES string of the molecule is O=C1NC(=O)c2cc(NCc3ccncc3)ccc21. The van der Waals surface area contributed by atoms with E-state index >= 15 is 0 Å². The van der Waals surface area contributed by atoms with E-state index in [1.54, 1.807) is 30.6 Å². The molecule has 1 aromatic heterocycles. The van der Waals surface area contributed by atoms with Crippen molar-refractivity contribution >= 4 is 17.5 Å². The van der Waals surface area contributed by atoms with Crippen LogP contribution in [0.15, 0.2) is 42.7 Å². The summed E-state index contributed by atoms with van der Waals surface area (Å²) in [5.41, 5.74) is 2.75. The van der Waals surface area contributed by atoms with E-state index in [2.05, 4.69) is 15.6 Å². The van der Waals surface area contributed by atoms with E-state index in [0.717, 1.165) is 11.3 Å². The first kappa shape index (κ1) is 11.4. The maximum Gasteiger partial charge on any atom is 0.259 e. The fourth-order valence-corrected chi connectivity index (χ4v) is 1.98. The Morgan fingerprint density at radius 3 is 2.53 bits per heavy atom. The van der Waals surface area contributed by atoms with E-state index in [-0.39, 0.29) is 11.8 Å². The standard InChI is InChI=1S/C14H11N3O2/c18-13-11-2-1-10(7-12(11)14(19)17-13)16-8-9-3-5-15-6-4-9/h1-7,16H,8H2,(H,17,18,19). The van der Waals surface area contributed by atoms with Gasteiger partial charge in [0.1, 0.15) is 0 Å². The first-order valence-corrected chi connectivity index (χ1v) is 5.86. The molecule has 2 amide bonds. The molecule has 2 N–H and O–H groups in total. The summed E-state index contributed by atoms with van der Waals surface area (Å²) < 4.78 is 0. The minimum Gasteiger partial charge on any atom is -0.381 e. The lowest BCUT2D eigenvalue weighted by atomic mass is 10.1. The molecular formula is C14H11N3O2. The third-order valence-corrected chi connectivity index (χ3v) is 2.98. The molecule has 0 aliphatic carbocycles. The molecule has 19 heavy (non-hydrogen) atoms. The zero-order valence-electron chi connectivity index (χ0n) is 10.0. The highest BCUT2D eigenvalue weighted by molar-refractivity contribution is 6.21. The summed E-state index contributed by atoms with van der Waals surface area (Å²) in [6.45, 7) is 0.636. The van der Waals surface area contributed by atoms with Crippen LogP contribution in [0.1, 0.15) is 26.3 Å². The van der Waals surface area contributed by atoms with E-state index < -0.39 is 0 Å². The fraction of sp³-hybridized carbons (Fsp3) is 0.0714. The Labute approximate surface area is 109 Å². The van der Waals surface area contributed by atoms with Crippen LogP contribution in [-0.4, -0.2) is 16.8 Å². The van der Waals surface area contributed by atoms with Crippen LogP contribution in [-0.2, 0) is 6.54 Å². The maximum absolute atomic E-state index is 11.5. The molecule has 1 aliphatic rings. The number of benzene rings is 1. The lowest BCUT2D eigenvalue weighted by Gasteiger charge is -2.07. The summed E-state index contributed by atoms with van der Waals surface area (Å²) in [5, 5.41) is 5.48. The van der Waals surface area contributed by atoms with Crippen molar-refractivity contribution in [2.45, 2.75) is 6.54 Å². The predicted molar refractivity (Wildman–Crippen MR) is 69.8 cm³/mol. The molecule has 2 heterocycles. The van der Waals surface area contributed by atoms with Crippen LogP contribution in [0.25, 0.3) is 0 Å². The van der Waals surface area contributed by atoms with Gasteiger partial charge in [-0.3, -0.25) is 19.9 Å². The molecule has 5 heteroatoms. The molecule has 0 unspecified atom stereocenters. The number of carbonyl (C=O) groups is 2. The Kier molecular flexibility index (Phi) is 2.72. The second-order valence-corrected chi connectivity index (χ2v) is 4.25. The van der Waals surface area contributed by atoms with Gasteiger partial charge in [-0.1, -0.05) is 0 Å². The molecule has 94 valence electrons. The van der Waals surface area contributed by atoms with E-state index in [4.69, 9.17) is 0 Å². The van der Waals surface area contributed by atoms with Crippen LogP contribution >= 0.6 is 0 Å². The van der Waals surface area contributed by atoms with Gasteiger partial charge in [-0.2, -0.15) is 0 Å². The van der Waals surface area contributed by atoms with Gasteiger partial charge in [0.25, 0.3) is 11.8 Å². The Bertz CT molecular complexity index is 653. The minimum absolute atomic E-state index is 0.333. The molecule has 0 atom stereocenters. The van der Waals surface area contributed by atoms with Crippen molar-refractivity contribution in [3.8, 4) is 0 Å². The number of fused-ring (bicyclic) bond motifs is 1. The Hall–Kier alpha value is -2.69. The van der Waals surface area contributed by atoms with Gasteiger partial charge in [0.05, 0.1) is 11.1 Å². The summed E-state index contributed by atoms with van der Waals surface area (Å²) in [6, 6.07) is 8.96. The molecule has 2 aromatic rings. The van der Waals surface area contributed by atoms with Crippen molar-refractivity contribution in [1.82, 2.24) is 10.3 Å². The average molecular weight is 253 g/mol. The summed E-state index contributed by atoms with van der Waals surface area (Å²) in [5.74, 6) is -0.673. The molecule has 1 aliphatic heterocycles. The Balaban J connectivity index is 1.78. The number of hydrogen-bond acceptors (Lipinski definition) is 4. The molecule has 0 saturated heterocycles. The fourth-order valence-electron chi connectivity index (χ4n) is 1.98. The van der Waals surface area contributed by atoms with Crippen LogP contribution in [0.5, 0.6) is 0 Å². The highest BCUT2D eigenvalue weighted by atomic mass is 16.2. The van der Waals surface area contributed by atoms with Gasteiger partial charge >= 0.3 is 0 Å². The molecular weight excluding hydrogens is 242 g/mol. The lowest BCUT2D eigenvalue weighted by Crippen LogP contribution is -2.19. The van der Waals surface area contributed by atoms with Crippen molar-refractivity contribution in [3.63, 3.8) is 0 Å². The highest BCUT2D eigenvalue weighted by Gasteiger charge is 2.26. The van der Waals surface area contributed by atoms with E-state index in [0.29, 0.717) is 17.7 Å². The molecule has 0 bridgehead atoms. The Morgan fingerprint density at radius 2 is 1.74 bits per heavy atom. The van der Waals surface area contributed by atoms with Crippen LogP contribution in [0.3, 0.4) is 0 Å². The smallest absolute Gasteiger partial charge is 0.259 e. The zero-order valence-corrected chi connectivity index (χ0v) is 10.0. The summed E-state index contributed by atoms with van der Waals surface area (Å²) in [6.07, 6.45) is 3.46. The number of nitrogens with zero attached hydrogens (tertiary/aromatic N) is 1. The van der Waals surface area contributed by atoms with Gasteiger partial charge in [-0.05, 0) is 35.9 Å². The number of anilines is 1. The van der Waals surface area contributed by atoms with Crippen LogP contribution in [0.4, 0.5) is 5.69 Å². The van der Waals surface area contributed by atoms with Crippen molar-refractivity contribution in [1.29, 1.82) is 0 Å². The number of aromatic nitrogens is 1. The van der Waals surface area contributed by atoms with Gasteiger partial charge < -0.3 is 5.32 Å². The lowest BCUT2D eigenvalue weighted by molar-refractivity contribution is 0.0879. The first-order chi connectivity index (χ1) is 9.24. The van der Waals surface area contributed by atoms with Crippen molar-refractivity contribution in [2.75, 3.05) is 5.32 Å².